The molecule has 1 aliphatic heterocycles. The standard InChI is InChI=1S/C12H23N3/c1-11(2,3)14-7-8-15(10(14)9-13)12(4,5)6/h10H,7-8H2,1-6H3. The largest absolute Gasteiger partial charge is 0.270 e. The van der Waals surface area contributed by atoms with Crippen molar-refractivity contribution in [1.29, 1.82) is 5.26 Å². The molecule has 3 nitrogen and oxygen atoms in total. The summed E-state index contributed by atoms with van der Waals surface area (Å²) >= 11 is 0. The van der Waals surface area contributed by atoms with Crippen LogP contribution in [0.2, 0.25) is 0 Å². The SMILES string of the molecule is CC(C)(C)N1CCN(C(C)(C)C)C1C#N. The van der Waals surface area contributed by atoms with E-state index in [-0.39, 0.29) is 17.2 Å². The zero-order valence-electron chi connectivity index (χ0n) is 10.8. The summed E-state index contributed by atoms with van der Waals surface area (Å²) < 4.78 is 0. The maximum absolute atomic E-state index is 9.30. The monoisotopic (exact) mass is 209 g/mol. The Kier molecular flexibility index (Phi) is 3.14. The predicted molar refractivity (Wildman–Crippen MR) is 62.3 cm³/mol. The van der Waals surface area contributed by atoms with Crippen molar-refractivity contribution in [2.75, 3.05) is 13.1 Å². The minimum atomic E-state index is -0.0787. The Hall–Kier alpha value is -0.590. The van der Waals surface area contributed by atoms with Crippen LogP contribution in [-0.2, 0) is 0 Å². The predicted octanol–water partition coefficient (Wildman–Crippen LogP) is 2.05. The van der Waals surface area contributed by atoms with E-state index >= 15 is 0 Å². The molecule has 1 fully saturated rings. The number of nitriles is 1. The number of hydrogen-bond donors (Lipinski definition) is 0. The zero-order valence-corrected chi connectivity index (χ0v) is 10.8. The number of hydrogen-bond acceptors (Lipinski definition) is 3. The summed E-state index contributed by atoms with van der Waals surface area (Å²) in [5.74, 6) is 0. The van der Waals surface area contributed by atoms with Gasteiger partial charge in [-0.3, -0.25) is 9.80 Å². The van der Waals surface area contributed by atoms with Gasteiger partial charge in [0, 0.05) is 24.2 Å². The Morgan fingerprint density at radius 1 is 0.933 bits per heavy atom. The summed E-state index contributed by atoms with van der Waals surface area (Å²) in [5, 5.41) is 9.30. The molecule has 1 aliphatic rings. The van der Waals surface area contributed by atoms with Crippen LogP contribution in [0.25, 0.3) is 0 Å². The lowest BCUT2D eigenvalue weighted by Crippen LogP contribution is -2.52. The highest BCUT2D eigenvalue weighted by atomic mass is 15.5. The van der Waals surface area contributed by atoms with Crippen LogP contribution in [0.5, 0.6) is 0 Å². The molecular weight excluding hydrogens is 186 g/mol. The molecule has 0 N–H and O–H groups in total. The molecule has 0 unspecified atom stereocenters. The fraction of sp³-hybridized carbons (Fsp3) is 0.917. The van der Waals surface area contributed by atoms with Crippen molar-refractivity contribution in [2.45, 2.75) is 58.8 Å². The molecule has 0 aromatic heterocycles. The van der Waals surface area contributed by atoms with E-state index in [2.05, 4.69) is 57.4 Å². The average Bonchev–Trinajstić information content (AvgIpc) is 2.43. The highest BCUT2D eigenvalue weighted by Gasteiger charge is 2.42. The number of nitrogens with zero attached hydrogens (tertiary/aromatic N) is 3. The third-order valence-corrected chi connectivity index (χ3v) is 3.01. The van der Waals surface area contributed by atoms with Gasteiger partial charge in [0.25, 0.3) is 0 Å². The van der Waals surface area contributed by atoms with Crippen LogP contribution in [0.15, 0.2) is 0 Å². The molecule has 1 rings (SSSR count). The van der Waals surface area contributed by atoms with Gasteiger partial charge in [0.15, 0.2) is 6.17 Å². The fourth-order valence-corrected chi connectivity index (χ4v) is 2.17. The van der Waals surface area contributed by atoms with Gasteiger partial charge in [0.2, 0.25) is 0 Å². The first-order valence-corrected chi connectivity index (χ1v) is 5.61. The van der Waals surface area contributed by atoms with E-state index in [0.29, 0.717) is 0 Å². The summed E-state index contributed by atoms with van der Waals surface area (Å²) in [6, 6.07) is 2.43. The summed E-state index contributed by atoms with van der Waals surface area (Å²) in [6.07, 6.45) is -0.0787. The smallest absolute Gasteiger partial charge is 0.153 e. The van der Waals surface area contributed by atoms with Crippen LogP contribution in [0, 0.1) is 11.3 Å². The first-order chi connectivity index (χ1) is 6.68. The summed E-state index contributed by atoms with van der Waals surface area (Å²) in [7, 11) is 0. The Morgan fingerprint density at radius 3 is 1.47 bits per heavy atom. The maximum Gasteiger partial charge on any atom is 0.153 e. The molecule has 3 heteroatoms. The molecule has 0 spiro atoms. The molecule has 0 aromatic carbocycles. The van der Waals surface area contributed by atoms with E-state index in [1.165, 1.54) is 0 Å². The Bertz CT molecular complexity index is 242. The van der Waals surface area contributed by atoms with Gasteiger partial charge in [-0.1, -0.05) is 0 Å². The van der Waals surface area contributed by atoms with Crippen molar-refractivity contribution >= 4 is 0 Å². The van der Waals surface area contributed by atoms with Gasteiger partial charge >= 0.3 is 0 Å². The first-order valence-electron chi connectivity index (χ1n) is 5.61. The normalized spacial score (nSPS) is 21.9. The molecule has 1 saturated heterocycles. The summed E-state index contributed by atoms with van der Waals surface area (Å²) in [5.41, 5.74) is 0.140. The van der Waals surface area contributed by atoms with Crippen LogP contribution < -0.4 is 0 Å². The van der Waals surface area contributed by atoms with Crippen molar-refractivity contribution in [3.8, 4) is 6.07 Å². The van der Waals surface area contributed by atoms with E-state index in [0.717, 1.165) is 13.1 Å². The summed E-state index contributed by atoms with van der Waals surface area (Å²) in [6.45, 7) is 15.0. The van der Waals surface area contributed by atoms with Crippen LogP contribution in [0.4, 0.5) is 0 Å². The molecule has 0 atom stereocenters. The van der Waals surface area contributed by atoms with Crippen LogP contribution in [0.3, 0.4) is 0 Å². The lowest BCUT2D eigenvalue weighted by molar-refractivity contribution is 0.0524. The molecular formula is C12H23N3. The quantitative estimate of drug-likeness (QED) is 0.611. The van der Waals surface area contributed by atoms with Gasteiger partial charge in [0.05, 0.1) is 6.07 Å². The van der Waals surface area contributed by atoms with Gasteiger partial charge < -0.3 is 0 Å². The van der Waals surface area contributed by atoms with Crippen molar-refractivity contribution in [3.63, 3.8) is 0 Å². The van der Waals surface area contributed by atoms with Crippen LogP contribution in [-0.4, -0.2) is 40.1 Å². The van der Waals surface area contributed by atoms with Gasteiger partial charge in [-0.15, -0.1) is 0 Å². The summed E-state index contributed by atoms with van der Waals surface area (Å²) in [4.78, 5) is 4.55. The van der Waals surface area contributed by atoms with Crippen molar-refractivity contribution in [3.05, 3.63) is 0 Å². The Labute approximate surface area is 93.7 Å². The molecule has 0 amide bonds. The third-order valence-electron chi connectivity index (χ3n) is 3.01. The minimum absolute atomic E-state index is 0.0698. The third kappa shape index (κ3) is 2.50. The Balaban J connectivity index is 2.90. The van der Waals surface area contributed by atoms with E-state index < -0.39 is 0 Å². The maximum atomic E-state index is 9.30. The van der Waals surface area contributed by atoms with Gasteiger partial charge in [-0.05, 0) is 41.5 Å². The number of rotatable bonds is 0. The highest BCUT2D eigenvalue weighted by molar-refractivity contribution is 5.04. The molecule has 0 radical (unpaired) electrons. The van der Waals surface area contributed by atoms with E-state index in [1.807, 2.05) is 0 Å². The average molecular weight is 209 g/mol. The second-order valence-corrected chi connectivity index (χ2v) is 6.23. The van der Waals surface area contributed by atoms with Crippen molar-refractivity contribution in [2.24, 2.45) is 0 Å². The topological polar surface area (TPSA) is 30.3 Å². The molecule has 1 heterocycles. The van der Waals surface area contributed by atoms with Gasteiger partial charge in [-0.25, -0.2) is 0 Å². The molecule has 86 valence electrons. The highest BCUT2D eigenvalue weighted by Crippen LogP contribution is 2.29. The fourth-order valence-electron chi connectivity index (χ4n) is 2.17. The second kappa shape index (κ2) is 3.77. The Morgan fingerprint density at radius 2 is 1.27 bits per heavy atom. The van der Waals surface area contributed by atoms with E-state index in [4.69, 9.17) is 0 Å². The lowest BCUT2D eigenvalue weighted by atomic mass is 10.0. The zero-order chi connectivity index (χ0) is 11.9. The minimum Gasteiger partial charge on any atom is -0.270 e. The second-order valence-electron chi connectivity index (χ2n) is 6.23. The van der Waals surface area contributed by atoms with E-state index in [9.17, 15) is 5.26 Å². The van der Waals surface area contributed by atoms with E-state index in [1.54, 1.807) is 0 Å². The lowest BCUT2D eigenvalue weighted by Gasteiger charge is -2.39. The first kappa shape index (κ1) is 12.5. The molecule has 0 saturated carbocycles. The van der Waals surface area contributed by atoms with Gasteiger partial charge in [0.1, 0.15) is 0 Å². The molecule has 0 aromatic rings. The van der Waals surface area contributed by atoms with Crippen molar-refractivity contribution < 1.29 is 0 Å². The molecule has 0 aliphatic carbocycles. The van der Waals surface area contributed by atoms with Crippen molar-refractivity contribution in [1.82, 2.24) is 9.80 Å². The van der Waals surface area contributed by atoms with Crippen LogP contribution >= 0.6 is 0 Å². The molecule has 15 heavy (non-hydrogen) atoms. The molecule has 0 bridgehead atoms. The van der Waals surface area contributed by atoms with Gasteiger partial charge in [-0.2, -0.15) is 5.26 Å². The van der Waals surface area contributed by atoms with Crippen LogP contribution in [0.1, 0.15) is 41.5 Å².